The van der Waals surface area contributed by atoms with Gasteiger partial charge in [0.1, 0.15) is 11.8 Å². The summed E-state index contributed by atoms with van der Waals surface area (Å²) < 4.78 is 5.37. The van der Waals surface area contributed by atoms with E-state index < -0.39 is 17.9 Å². The zero-order chi connectivity index (χ0) is 19.8. The fourth-order valence-corrected chi connectivity index (χ4v) is 3.00. The maximum absolute atomic E-state index is 12.5. The maximum Gasteiger partial charge on any atom is 0.334 e. The van der Waals surface area contributed by atoms with Crippen molar-refractivity contribution in [1.29, 1.82) is 0 Å². The minimum absolute atomic E-state index is 0.0715. The lowest BCUT2D eigenvalue weighted by atomic mass is 10.1. The quantitative estimate of drug-likeness (QED) is 0.408. The van der Waals surface area contributed by atoms with Crippen molar-refractivity contribution in [2.45, 2.75) is 19.4 Å². The third kappa shape index (κ3) is 6.12. The molecule has 0 spiro atoms. The number of thioether (sulfide) groups is 1. The Kier molecular flexibility index (Phi) is 7.88. The Hall–Kier alpha value is -2.31. The van der Waals surface area contributed by atoms with Gasteiger partial charge in [0, 0.05) is 5.56 Å². The third-order valence-electron chi connectivity index (χ3n) is 3.80. The van der Waals surface area contributed by atoms with Gasteiger partial charge in [-0.15, -0.1) is 0 Å². The lowest BCUT2D eigenvalue weighted by molar-refractivity contribution is -0.136. The molecule has 0 heterocycles. The second-order valence-corrected chi connectivity index (χ2v) is 7.18. The van der Waals surface area contributed by atoms with E-state index in [-0.39, 0.29) is 5.78 Å². The summed E-state index contributed by atoms with van der Waals surface area (Å²) in [7, 11) is 0. The summed E-state index contributed by atoms with van der Waals surface area (Å²) in [6, 6.07) is 12.1. The molecule has 0 fully saturated rings. The molecule has 0 aliphatic carbocycles. The van der Waals surface area contributed by atoms with Crippen LogP contribution >= 0.6 is 23.4 Å². The number of Topliss-reactive ketones (excluding diaryl/α,β-unsaturated/α-hetero) is 1. The highest BCUT2D eigenvalue weighted by atomic mass is 35.5. The van der Waals surface area contributed by atoms with Gasteiger partial charge in [0.15, 0.2) is 5.78 Å². The summed E-state index contributed by atoms with van der Waals surface area (Å²) in [5.74, 6) is -0.0919. The number of halogens is 1. The topological polar surface area (TPSA) is 72.5 Å². The number of rotatable bonds is 8. The van der Waals surface area contributed by atoms with Gasteiger partial charge in [-0.25, -0.2) is 4.79 Å². The Labute approximate surface area is 167 Å². The summed E-state index contributed by atoms with van der Waals surface area (Å²) in [5, 5.41) is 3.01. The molecule has 0 aliphatic heterocycles. The van der Waals surface area contributed by atoms with E-state index in [1.165, 1.54) is 6.92 Å². The van der Waals surface area contributed by atoms with E-state index in [0.717, 1.165) is 0 Å². The third-order valence-corrected chi connectivity index (χ3v) is 4.77. The molecule has 2 aromatic carbocycles. The first-order valence-electron chi connectivity index (χ1n) is 8.29. The monoisotopic (exact) mass is 405 g/mol. The van der Waals surface area contributed by atoms with Crippen LogP contribution in [0.2, 0.25) is 5.02 Å². The predicted octanol–water partition coefficient (Wildman–Crippen LogP) is 4.00. The number of benzene rings is 2. The normalized spacial score (nSPS) is 11.5. The molecule has 0 saturated heterocycles. The first-order valence-corrected chi connectivity index (χ1v) is 10.1. The minimum Gasteiger partial charge on any atom is -0.425 e. The van der Waals surface area contributed by atoms with E-state index >= 15 is 0 Å². The number of carbonyl (C=O) groups is 3. The molecule has 2 rings (SSSR count). The molecule has 0 radical (unpaired) electrons. The van der Waals surface area contributed by atoms with E-state index in [9.17, 15) is 14.4 Å². The van der Waals surface area contributed by atoms with Crippen molar-refractivity contribution in [2.75, 3.05) is 12.0 Å². The number of nitrogens with one attached hydrogen (secondary N) is 1. The van der Waals surface area contributed by atoms with Crippen molar-refractivity contribution < 1.29 is 19.1 Å². The van der Waals surface area contributed by atoms with Gasteiger partial charge >= 0.3 is 5.97 Å². The number of ketones is 1. The lowest BCUT2D eigenvalue weighted by Crippen LogP contribution is -2.43. The summed E-state index contributed by atoms with van der Waals surface area (Å²) in [5.41, 5.74) is 0.827. The summed E-state index contributed by atoms with van der Waals surface area (Å²) in [4.78, 5) is 36.3. The molecule has 0 bridgehead atoms. The van der Waals surface area contributed by atoms with Crippen LogP contribution in [0.5, 0.6) is 5.75 Å². The van der Waals surface area contributed by atoms with Gasteiger partial charge in [0.25, 0.3) is 5.91 Å². The van der Waals surface area contributed by atoms with Gasteiger partial charge < -0.3 is 10.1 Å². The number of hydrogen-bond acceptors (Lipinski definition) is 5. The molecule has 0 aromatic heterocycles. The second-order valence-electron chi connectivity index (χ2n) is 5.79. The van der Waals surface area contributed by atoms with Crippen LogP contribution in [0, 0.1) is 0 Å². The highest BCUT2D eigenvalue weighted by Gasteiger charge is 2.24. The fraction of sp³-hybridized carbons (Fsp3) is 0.250. The van der Waals surface area contributed by atoms with Crippen molar-refractivity contribution >= 4 is 41.0 Å². The van der Waals surface area contributed by atoms with Crippen molar-refractivity contribution in [2.24, 2.45) is 0 Å². The van der Waals surface area contributed by atoms with E-state index in [0.29, 0.717) is 34.1 Å². The Bertz CT molecular complexity index is 823. The molecule has 0 aliphatic rings. The van der Waals surface area contributed by atoms with Gasteiger partial charge in [0.2, 0.25) is 0 Å². The molecular formula is C20H20ClNO4S. The molecule has 27 heavy (non-hydrogen) atoms. The zero-order valence-corrected chi connectivity index (χ0v) is 16.6. The van der Waals surface area contributed by atoms with Crippen LogP contribution in [-0.4, -0.2) is 35.7 Å². The van der Waals surface area contributed by atoms with E-state index in [1.807, 2.05) is 6.26 Å². The van der Waals surface area contributed by atoms with E-state index in [2.05, 4.69) is 5.32 Å². The molecule has 0 unspecified atom stereocenters. The van der Waals surface area contributed by atoms with Crippen LogP contribution in [0.3, 0.4) is 0 Å². The number of hydrogen-bond donors (Lipinski definition) is 1. The van der Waals surface area contributed by atoms with Gasteiger partial charge in [-0.05, 0) is 61.8 Å². The van der Waals surface area contributed by atoms with Gasteiger partial charge in [-0.3, -0.25) is 9.59 Å². The van der Waals surface area contributed by atoms with Gasteiger partial charge in [-0.1, -0.05) is 23.7 Å². The maximum atomic E-state index is 12.5. The van der Waals surface area contributed by atoms with Crippen LogP contribution in [0.1, 0.15) is 34.1 Å². The smallest absolute Gasteiger partial charge is 0.334 e. The molecule has 1 amide bonds. The highest BCUT2D eigenvalue weighted by molar-refractivity contribution is 7.98. The highest BCUT2D eigenvalue weighted by Crippen LogP contribution is 2.17. The number of ether oxygens (including phenoxy) is 1. The number of carbonyl (C=O) groups excluding carboxylic acids is 3. The van der Waals surface area contributed by atoms with Gasteiger partial charge in [-0.2, -0.15) is 11.8 Å². The fourth-order valence-electron chi connectivity index (χ4n) is 2.31. The first-order chi connectivity index (χ1) is 12.9. The zero-order valence-electron chi connectivity index (χ0n) is 15.0. The standard InChI is InChI=1S/C20H20ClNO4S/c1-13(23)14-7-9-15(10-8-14)26-20(25)18(11-12-27-2)22-19(24)16-5-3-4-6-17(16)21/h3-10,18H,11-12H2,1-2H3,(H,22,24)/t18-/m0/s1. The Morgan fingerprint density at radius 1 is 1.11 bits per heavy atom. The molecule has 1 atom stereocenters. The summed E-state index contributed by atoms with van der Waals surface area (Å²) >= 11 is 7.61. The van der Waals surface area contributed by atoms with Gasteiger partial charge in [0.05, 0.1) is 10.6 Å². The summed E-state index contributed by atoms with van der Waals surface area (Å²) in [6.45, 7) is 1.46. The molecule has 7 heteroatoms. The number of amides is 1. The molecule has 0 saturated carbocycles. The van der Waals surface area contributed by atoms with Crippen molar-refractivity contribution in [3.05, 3.63) is 64.7 Å². The van der Waals surface area contributed by atoms with Crippen LogP contribution in [-0.2, 0) is 4.79 Å². The van der Waals surface area contributed by atoms with E-state index in [4.69, 9.17) is 16.3 Å². The Morgan fingerprint density at radius 2 is 1.78 bits per heavy atom. The Balaban J connectivity index is 2.09. The predicted molar refractivity (Wildman–Crippen MR) is 108 cm³/mol. The second kappa shape index (κ2) is 10.1. The lowest BCUT2D eigenvalue weighted by Gasteiger charge is -2.17. The molecule has 142 valence electrons. The molecule has 1 N–H and O–H groups in total. The average Bonchev–Trinajstić information content (AvgIpc) is 2.65. The summed E-state index contributed by atoms with van der Waals surface area (Å²) in [6.07, 6.45) is 2.33. The molecule has 2 aromatic rings. The van der Waals surface area contributed by atoms with Crippen molar-refractivity contribution in [3.63, 3.8) is 0 Å². The number of esters is 1. The SMILES string of the molecule is CSCC[C@H](NC(=O)c1ccccc1Cl)C(=O)Oc1ccc(C(C)=O)cc1. The minimum atomic E-state index is -0.811. The van der Waals surface area contributed by atoms with E-state index in [1.54, 1.807) is 60.3 Å². The van der Waals surface area contributed by atoms with Crippen molar-refractivity contribution in [1.82, 2.24) is 5.32 Å². The average molecular weight is 406 g/mol. The van der Waals surface area contributed by atoms with Crippen LogP contribution < -0.4 is 10.1 Å². The largest absolute Gasteiger partial charge is 0.425 e. The molecular weight excluding hydrogens is 386 g/mol. The van der Waals surface area contributed by atoms with Crippen LogP contribution in [0.15, 0.2) is 48.5 Å². The van der Waals surface area contributed by atoms with Crippen molar-refractivity contribution in [3.8, 4) is 5.75 Å². The van der Waals surface area contributed by atoms with Crippen LogP contribution in [0.4, 0.5) is 0 Å². The Morgan fingerprint density at radius 3 is 2.37 bits per heavy atom. The first kappa shape index (κ1) is 21.0. The molecule has 5 nitrogen and oxygen atoms in total. The van der Waals surface area contributed by atoms with Crippen LogP contribution in [0.25, 0.3) is 0 Å².